The van der Waals surface area contributed by atoms with Gasteiger partial charge in [-0.05, 0) is 55.9 Å². The molecule has 1 N–H and O–H groups in total. The Kier molecular flexibility index (Phi) is 6.34. The van der Waals surface area contributed by atoms with Crippen LogP contribution in [0.4, 0.5) is 0 Å². The quantitative estimate of drug-likeness (QED) is 0.319. The van der Waals surface area contributed by atoms with E-state index in [1.165, 1.54) is 17.8 Å². The Morgan fingerprint density at radius 2 is 1.86 bits per heavy atom. The zero-order valence-electron chi connectivity index (χ0n) is 16.8. The molecule has 0 unspecified atom stereocenters. The molecule has 0 aliphatic rings. The molecule has 0 atom stereocenters. The average molecular weight is 407 g/mol. The number of ether oxygens (including phenoxy) is 1. The molecule has 0 bridgehead atoms. The van der Waals surface area contributed by atoms with Gasteiger partial charge in [-0.2, -0.15) is 4.98 Å². The molecule has 0 saturated carbocycles. The number of hydrogen-bond donors (Lipinski definition) is 1. The van der Waals surface area contributed by atoms with Crippen molar-refractivity contribution in [3.05, 3.63) is 71.6 Å². The van der Waals surface area contributed by atoms with Gasteiger partial charge in [-0.3, -0.25) is 0 Å². The van der Waals surface area contributed by atoms with Crippen LogP contribution < -0.4 is 4.74 Å². The van der Waals surface area contributed by atoms with Crippen molar-refractivity contribution in [3.8, 4) is 22.8 Å². The first kappa shape index (κ1) is 20.6. The minimum atomic E-state index is -1.05. The summed E-state index contributed by atoms with van der Waals surface area (Å²) in [4.78, 5) is 20.6. The Bertz CT molecular complexity index is 1090. The van der Waals surface area contributed by atoms with E-state index in [2.05, 4.69) is 29.0 Å². The maximum absolute atomic E-state index is 11.8. The largest absolute Gasteiger partial charge is 0.478 e. The van der Waals surface area contributed by atoms with Gasteiger partial charge in [-0.1, -0.05) is 42.5 Å². The summed E-state index contributed by atoms with van der Waals surface area (Å²) in [5.41, 5.74) is 3.79. The van der Waals surface area contributed by atoms with E-state index in [4.69, 9.17) is 4.74 Å². The fourth-order valence-electron chi connectivity index (χ4n) is 3.08. The topological polar surface area (TPSA) is 72.3 Å². The Morgan fingerprint density at radius 1 is 1.10 bits per heavy atom. The van der Waals surface area contributed by atoms with Gasteiger partial charge in [0.05, 0.1) is 11.1 Å². The summed E-state index contributed by atoms with van der Waals surface area (Å²) in [7, 11) is 0. The average Bonchev–Trinajstić information content (AvgIpc) is 2.70. The molecular weight excluding hydrogens is 384 g/mol. The second kappa shape index (κ2) is 8.92. The predicted molar refractivity (Wildman–Crippen MR) is 117 cm³/mol. The van der Waals surface area contributed by atoms with E-state index in [1.54, 1.807) is 13.8 Å². The number of carboxylic acid groups (broad SMARTS) is 1. The Labute approximate surface area is 174 Å². The maximum Gasteiger partial charge on any atom is 0.336 e. The summed E-state index contributed by atoms with van der Waals surface area (Å²) in [6, 6.07) is 15.8. The summed E-state index contributed by atoms with van der Waals surface area (Å²) < 4.78 is 6.10. The van der Waals surface area contributed by atoms with E-state index >= 15 is 0 Å². The molecule has 3 aromatic rings. The number of nitrogens with zero attached hydrogens (tertiary/aromatic N) is 2. The van der Waals surface area contributed by atoms with E-state index < -0.39 is 5.97 Å². The third kappa shape index (κ3) is 4.49. The normalized spacial score (nSPS) is 11.4. The first-order valence-corrected chi connectivity index (χ1v) is 10.3. The highest BCUT2D eigenvalue weighted by Crippen LogP contribution is 2.36. The van der Waals surface area contributed by atoms with Crippen molar-refractivity contribution >= 4 is 23.3 Å². The third-order valence-electron chi connectivity index (χ3n) is 4.44. The SMILES string of the molecule is CC=C(C(=O)O)c1c(Oc2cccc(-c3ccccc3C)c2)nc(C)nc1SC. The summed E-state index contributed by atoms with van der Waals surface area (Å²) in [6.07, 6.45) is 3.38. The van der Waals surface area contributed by atoms with Crippen molar-refractivity contribution in [1.29, 1.82) is 0 Å². The molecule has 0 saturated heterocycles. The van der Waals surface area contributed by atoms with Crippen molar-refractivity contribution in [2.75, 3.05) is 6.26 Å². The first-order chi connectivity index (χ1) is 13.9. The number of allylic oxidation sites excluding steroid dienone is 1. The van der Waals surface area contributed by atoms with Crippen LogP contribution in [0.15, 0.2) is 59.6 Å². The molecule has 0 spiro atoms. The van der Waals surface area contributed by atoms with E-state index in [9.17, 15) is 9.90 Å². The van der Waals surface area contributed by atoms with Gasteiger partial charge in [0.25, 0.3) is 0 Å². The van der Waals surface area contributed by atoms with Crippen molar-refractivity contribution in [3.63, 3.8) is 0 Å². The van der Waals surface area contributed by atoms with Crippen LogP contribution in [0.2, 0.25) is 0 Å². The maximum atomic E-state index is 11.8. The van der Waals surface area contributed by atoms with E-state index in [1.807, 2.05) is 42.7 Å². The number of aryl methyl sites for hydroxylation is 2. The minimum Gasteiger partial charge on any atom is -0.478 e. The van der Waals surface area contributed by atoms with Crippen LogP contribution in [0.1, 0.15) is 23.9 Å². The lowest BCUT2D eigenvalue weighted by Crippen LogP contribution is -2.07. The fourth-order valence-corrected chi connectivity index (χ4v) is 3.71. The molecule has 0 amide bonds. The van der Waals surface area contributed by atoms with Crippen LogP contribution in [0.3, 0.4) is 0 Å². The van der Waals surface area contributed by atoms with Gasteiger partial charge in [0.1, 0.15) is 16.6 Å². The second-order valence-corrected chi connectivity index (χ2v) is 7.21. The van der Waals surface area contributed by atoms with Crippen LogP contribution >= 0.6 is 11.8 Å². The first-order valence-electron chi connectivity index (χ1n) is 9.11. The zero-order chi connectivity index (χ0) is 21.0. The lowest BCUT2D eigenvalue weighted by atomic mass is 10.0. The van der Waals surface area contributed by atoms with E-state index in [0.29, 0.717) is 22.2 Å². The van der Waals surface area contributed by atoms with Gasteiger partial charge >= 0.3 is 5.97 Å². The zero-order valence-corrected chi connectivity index (χ0v) is 17.6. The van der Waals surface area contributed by atoms with Crippen LogP contribution in [-0.4, -0.2) is 27.3 Å². The van der Waals surface area contributed by atoms with Crippen molar-refractivity contribution in [2.24, 2.45) is 0 Å². The van der Waals surface area contributed by atoms with E-state index in [0.717, 1.165) is 16.7 Å². The number of thioether (sulfide) groups is 1. The van der Waals surface area contributed by atoms with Gasteiger partial charge in [-0.25, -0.2) is 9.78 Å². The summed E-state index contributed by atoms with van der Waals surface area (Å²) in [5.74, 6) is 0.287. The number of benzene rings is 2. The summed E-state index contributed by atoms with van der Waals surface area (Å²) in [5, 5.41) is 10.2. The molecule has 6 heteroatoms. The highest BCUT2D eigenvalue weighted by molar-refractivity contribution is 7.98. The molecule has 1 aromatic heterocycles. The molecule has 5 nitrogen and oxygen atoms in total. The Morgan fingerprint density at radius 3 is 2.52 bits per heavy atom. The van der Waals surface area contributed by atoms with Crippen LogP contribution in [0.25, 0.3) is 16.7 Å². The van der Waals surface area contributed by atoms with Gasteiger partial charge in [0.15, 0.2) is 0 Å². The highest BCUT2D eigenvalue weighted by Gasteiger charge is 2.23. The number of carboxylic acids is 1. The van der Waals surface area contributed by atoms with Crippen molar-refractivity contribution in [1.82, 2.24) is 9.97 Å². The van der Waals surface area contributed by atoms with Crippen LogP contribution in [-0.2, 0) is 4.79 Å². The van der Waals surface area contributed by atoms with Gasteiger partial charge < -0.3 is 9.84 Å². The van der Waals surface area contributed by atoms with E-state index in [-0.39, 0.29) is 11.5 Å². The summed E-state index contributed by atoms with van der Waals surface area (Å²) in [6.45, 7) is 5.50. The molecule has 0 fully saturated rings. The number of aromatic nitrogens is 2. The van der Waals surface area contributed by atoms with Crippen LogP contribution in [0.5, 0.6) is 11.6 Å². The highest BCUT2D eigenvalue weighted by atomic mass is 32.2. The Balaban J connectivity index is 2.09. The molecule has 0 aliphatic heterocycles. The van der Waals surface area contributed by atoms with Gasteiger partial charge in [0, 0.05) is 0 Å². The number of carbonyl (C=O) groups is 1. The predicted octanol–water partition coefficient (Wildman–Crippen LogP) is 5.76. The Hall–Kier alpha value is -3.12. The lowest BCUT2D eigenvalue weighted by Gasteiger charge is -2.15. The van der Waals surface area contributed by atoms with Gasteiger partial charge in [0.2, 0.25) is 5.88 Å². The molecule has 1 heterocycles. The summed E-state index contributed by atoms with van der Waals surface area (Å²) >= 11 is 1.36. The molecule has 148 valence electrons. The monoisotopic (exact) mass is 406 g/mol. The number of hydrogen-bond acceptors (Lipinski definition) is 5. The molecule has 3 rings (SSSR count). The third-order valence-corrected chi connectivity index (χ3v) is 5.12. The standard InChI is InChI=1S/C23H22N2O3S/c1-5-18(23(26)27)20-21(24-15(3)25-22(20)29-4)28-17-11-8-10-16(13-17)19-12-7-6-9-14(19)2/h5-13H,1-4H3,(H,26,27). The van der Waals surface area contributed by atoms with Crippen molar-refractivity contribution < 1.29 is 14.6 Å². The fraction of sp³-hybridized carbons (Fsp3) is 0.174. The lowest BCUT2D eigenvalue weighted by molar-refractivity contribution is -0.130. The molecule has 29 heavy (non-hydrogen) atoms. The number of aliphatic carboxylic acids is 1. The molecule has 0 radical (unpaired) electrons. The molecule has 2 aromatic carbocycles. The van der Waals surface area contributed by atoms with Crippen LogP contribution in [0, 0.1) is 13.8 Å². The molecule has 0 aliphatic carbocycles. The number of rotatable bonds is 6. The second-order valence-electron chi connectivity index (χ2n) is 6.41. The smallest absolute Gasteiger partial charge is 0.336 e. The minimum absolute atomic E-state index is 0.111. The van der Waals surface area contributed by atoms with Gasteiger partial charge in [-0.15, -0.1) is 11.8 Å². The van der Waals surface area contributed by atoms with Crippen molar-refractivity contribution in [2.45, 2.75) is 25.8 Å². The molecular formula is C23H22N2O3S.